The average Bonchev–Trinajstić information content (AvgIpc) is 2.19. The van der Waals surface area contributed by atoms with Gasteiger partial charge in [-0.05, 0) is 6.92 Å². The molecule has 2 atom stereocenters. The highest BCUT2D eigenvalue weighted by Crippen LogP contribution is 2.26. The van der Waals surface area contributed by atoms with Crippen molar-refractivity contribution in [2.45, 2.75) is 24.7 Å². The number of hydrogen-bond donors (Lipinski definition) is 0. The van der Waals surface area contributed by atoms with Gasteiger partial charge in [0, 0.05) is 22.5 Å². The monoisotopic (exact) mass is 231 g/mol. The summed E-state index contributed by atoms with van der Waals surface area (Å²) in [7, 11) is 0. The summed E-state index contributed by atoms with van der Waals surface area (Å²) in [5.41, 5.74) is 0. The van der Waals surface area contributed by atoms with Crippen molar-refractivity contribution in [3.8, 4) is 6.07 Å². The second kappa shape index (κ2) is 6.20. The van der Waals surface area contributed by atoms with Crippen LogP contribution in [0.3, 0.4) is 0 Å². The topological polar surface area (TPSA) is 50.1 Å². The Morgan fingerprint density at radius 2 is 2.50 bits per heavy atom. The molecule has 1 aliphatic rings. The van der Waals surface area contributed by atoms with Crippen molar-refractivity contribution in [1.29, 1.82) is 5.26 Å². The predicted molar refractivity (Wildman–Crippen MR) is 59.4 cm³/mol. The largest absolute Gasteiger partial charge is 0.447 e. The minimum Gasteiger partial charge on any atom is -0.447 e. The summed E-state index contributed by atoms with van der Waals surface area (Å²) in [6.45, 7) is 1.58. The summed E-state index contributed by atoms with van der Waals surface area (Å²) in [6, 6.07) is 1.88. The van der Waals surface area contributed by atoms with Crippen molar-refractivity contribution in [3.05, 3.63) is 0 Å². The SMILES string of the molecule is CC(C#N)OC(=O)CC1CSCCS1. The Morgan fingerprint density at radius 1 is 1.71 bits per heavy atom. The molecule has 1 aliphatic heterocycles. The van der Waals surface area contributed by atoms with Crippen LogP contribution < -0.4 is 0 Å². The Bertz CT molecular complexity index is 233. The number of thioether (sulfide) groups is 2. The van der Waals surface area contributed by atoms with E-state index < -0.39 is 6.10 Å². The van der Waals surface area contributed by atoms with Gasteiger partial charge in [-0.2, -0.15) is 28.8 Å². The lowest BCUT2D eigenvalue weighted by molar-refractivity contribution is -0.145. The molecule has 0 spiro atoms. The van der Waals surface area contributed by atoms with Gasteiger partial charge in [0.2, 0.25) is 0 Å². The highest BCUT2D eigenvalue weighted by Gasteiger charge is 2.19. The van der Waals surface area contributed by atoms with Gasteiger partial charge in [-0.3, -0.25) is 4.79 Å². The summed E-state index contributed by atoms with van der Waals surface area (Å²) >= 11 is 3.70. The minimum absolute atomic E-state index is 0.251. The molecule has 1 heterocycles. The van der Waals surface area contributed by atoms with Gasteiger partial charge in [0.1, 0.15) is 6.07 Å². The molecule has 0 aromatic heterocycles. The second-order valence-corrected chi connectivity index (χ2v) is 5.59. The minimum atomic E-state index is -0.622. The Balaban J connectivity index is 2.22. The molecule has 78 valence electrons. The average molecular weight is 231 g/mol. The molecular weight excluding hydrogens is 218 g/mol. The third kappa shape index (κ3) is 4.25. The van der Waals surface area contributed by atoms with Crippen LogP contribution in [-0.4, -0.2) is 34.6 Å². The first-order valence-electron chi connectivity index (χ1n) is 4.51. The fraction of sp³-hybridized carbons (Fsp3) is 0.778. The number of nitriles is 1. The van der Waals surface area contributed by atoms with Crippen LogP contribution in [0.1, 0.15) is 13.3 Å². The van der Waals surface area contributed by atoms with E-state index in [-0.39, 0.29) is 5.97 Å². The van der Waals surface area contributed by atoms with Crippen LogP contribution in [-0.2, 0) is 9.53 Å². The van der Waals surface area contributed by atoms with Crippen LogP contribution in [0.15, 0.2) is 0 Å². The first-order valence-corrected chi connectivity index (χ1v) is 6.71. The molecular formula is C9H13NO2S2. The van der Waals surface area contributed by atoms with Gasteiger partial charge in [0.25, 0.3) is 0 Å². The molecule has 0 N–H and O–H groups in total. The van der Waals surface area contributed by atoms with E-state index in [9.17, 15) is 4.79 Å². The zero-order valence-electron chi connectivity index (χ0n) is 8.06. The van der Waals surface area contributed by atoms with Crippen molar-refractivity contribution < 1.29 is 9.53 Å². The molecule has 0 aromatic carbocycles. The van der Waals surface area contributed by atoms with Crippen molar-refractivity contribution >= 4 is 29.5 Å². The molecule has 2 unspecified atom stereocenters. The van der Waals surface area contributed by atoms with Gasteiger partial charge in [-0.15, -0.1) is 0 Å². The van der Waals surface area contributed by atoms with Crippen LogP contribution in [0.5, 0.6) is 0 Å². The van der Waals surface area contributed by atoms with Crippen LogP contribution >= 0.6 is 23.5 Å². The maximum Gasteiger partial charge on any atom is 0.308 e. The van der Waals surface area contributed by atoms with E-state index in [2.05, 4.69) is 0 Å². The quantitative estimate of drug-likeness (QED) is 0.692. The van der Waals surface area contributed by atoms with E-state index in [1.807, 2.05) is 29.6 Å². The van der Waals surface area contributed by atoms with Crippen LogP contribution in [0, 0.1) is 11.3 Å². The van der Waals surface area contributed by atoms with E-state index in [1.165, 1.54) is 5.75 Å². The first-order chi connectivity index (χ1) is 6.72. The lowest BCUT2D eigenvalue weighted by atomic mass is 10.3. The standard InChI is InChI=1S/C9H13NO2S2/c1-7(5-10)12-9(11)4-8-6-13-2-3-14-8/h7-8H,2-4,6H2,1H3. The van der Waals surface area contributed by atoms with Gasteiger partial charge in [-0.1, -0.05) is 0 Å². The van der Waals surface area contributed by atoms with Gasteiger partial charge >= 0.3 is 5.97 Å². The fourth-order valence-electron chi connectivity index (χ4n) is 1.11. The summed E-state index contributed by atoms with van der Waals surface area (Å²) in [5.74, 6) is 3.04. The van der Waals surface area contributed by atoms with E-state index in [1.54, 1.807) is 6.92 Å². The lowest BCUT2D eigenvalue weighted by Crippen LogP contribution is -2.21. The molecule has 0 bridgehead atoms. The van der Waals surface area contributed by atoms with Gasteiger partial charge in [-0.25, -0.2) is 0 Å². The predicted octanol–water partition coefficient (Wildman–Crippen LogP) is 1.68. The maximum atomic E-state index is 11.3. The summed E-state index contributed by atoms with van der Waals surface area (Å²) in [4.78, 5) is 11.3. The van der Waals surface area contributed by atoms with Crippen molar-refractivity contribution in [2.24, 2.45) is 0 Å². The summed E-state index contributed by atoms with van der Waals surface area (Å²) in [5, 5.41) is 8.82. The summed E-state index contributed by atoms with van der Waals surface area (Å²) < 4.78 is 4.88. The van der Waals surface area contributed by atoms with Gasteiger partial charge in [0.05, 0.1) is 6.42 Å². The molecule has 0 amide bonds. The number of ether oxygens (including phenoxy) is 1. The van der Waals surface area contributed by atoms with Gasteiger partial charge in [0.15, 0.2) is 6.10 Å². The highest BCUT2D eigenvalue weighted by atomic mass is 32.2. The van der Waals surface area contributed by atoms with Crippen LogP contribution in [0.25, 0.3) is 0 Å². The molecule has 0 aliphatic carbocycles. The van der Waals surface area contributed by atoms with E-state index in [0.29, 0.717) is 11.7 Å². The molecule has 1 saturated heterocycles. The van der Waals surface area contributed by atoms with Crippen molar-refractivity contribution in [1.82, 2.24) is 0 Å². The molecule has 0 radical (unpaired) electrons. The van der Waals surface area contributed by atoms with Crippen LogP contribution in [0.2, 0.25) is 0 Å². The Hall–Kier alpha value is -0.340. The third-order valence-electron chi connectivity index (χ3n) is 1.77. The zero-order valence-corrected chi connectivity index (χ0v) is 9.70. The van der Waals surface area contributed by atoms with Crippen LogP contribution in [0.4, 0.5) is 0 Å². The number of carbonyl (C=O) groups excluding carboxylic acids is 1. The van der Waals surface area contributed by atoms with E-state index >= 15 is 0 Å². The molecule has 0 saturated carbocycles. The number of nitrogens with zero attached hydrogens (tertiary/aromatic N) is 1. The first kappa shape index (κ1) is 11.7. The third-order valence-corrected chi connectivity index (χ3v) is 4.61. The number of rotatable bonds is 3. The van der Waals surface area contributed by atoms with E-state index in [4.69, 9.17) is 10.00 Å². The molecule has 3 nitrogen and oxygen atoms in total. The number of hydrogen-bond acceptors (Lipinski definition) is 5. The maximum absolute atomic E-state index is 11.3. The molecule has 0 aromatic rings. The smallest absolute Gasteiger partial charge is 0.308 e. The molecule has 5 heteroatoms. The molecule has 1 rings (SSSR count). The lowest BCUT2D eigenvalue weighted by Gasteiger charge is -2.20. The molecule has 14 heavy (non-hydrogen) atoms. The normalized spacial score (nSPS) is 23.6. The Labute approximate surface area is 92.6 Å². The Kier molecular flexibility index (Phi) is 5.20. The number of esters is 1. The van der Waals surface area contributed by atoms with Crippen molar-refractivity contribution in [2.75, 3.05) is 17.3 Å². The second-order valence-electron chi connectivity index (χ2n) is 3.03. The van der Waals surface area contributed by atoms with Crippen molar-refractivity contribution in [3.63, 3.8) is 0 Å². The van der Waals surface area contributed by atoms with Gasteiger partial charge < -0.3 is 4.74 Å². The zero-order chi connectivity index (χ0) is 10.4. The summed E-state index contributed by atoms with van der Waals surface area (Å²) in [6.07, 6.45) is -0.187. The van der Waals surface area contributed by atoms with E-state index in [0.717, 1.165) is 11.5 Å². The highest BCUT2D eigenvalue weighted by molar-refractivity contribution is 8.06. The fourth-order valence-corrected chi connectivity index (χ4v) is 3.78. The number of carbonyl (C=O) groups is 1. The Morgan fingerprint density at radius 3 is 3.07 bits per heavy atom. The molecule has 1 fully saturated rings.